The summed E-state index contributed by atoms with van der Waals surface area (Å²) in [6.07, 6.45) is 0. The molecule has 0 saturated heterocycles. The molecule has 7 rings (SSSR count). The minimum Gasteiger partial charge on any atom is -0.386 e. The average molecular weight is 670 g/mol. The standard InChI is InChI=1S/C48H47NO2/c1-46(2,3)36-22-28-39(29-23-36)49(37-24-16-34(17-25-37)44-40-14-10-8-12-32(40)20-30-42(44)47(4,5)50)38-26-18-35(19-27-38)45-41-15-11-9-13-33(41)21-31-43(45)48(6,7)51/h8-31,50-51H,1-7H3. The van der Waals surface area contributed by atoms with Crippen LogP contribution < -0.4 is 4.90 Å². The van der Waals surface area contributed by atoms with E-state index in [9.17, 15) is 10.2 Å². The highest BCUT2D eigenvalue weighted by Gasteiger charge is 2.25. The first kappa shape index (κ1) is 34.2. The van der Waals surface area contributed by atoms with Gasteiger partial charge in [-0.2, -0.15) is 0 Å². The Bertz CT molecular complexity index is 2190. The molecule has 0 fully saturated rings. The van der Waals surface area contributed by atoms with Crippen LogP contribution in [0.25, 0.3) is 43.8 Å². The normalized spacial score (nSPS) is 12.4. The second-order valence-electron chi connectivity index (χ2n) is 15.8. The van der Waals surface area contributed by atoms with Crippen molar-refractivity contribution in [3.8, 4) is 22.3 Å². The average Bonchev–Trinajstić information content (AvgIpc) is 3.10. The monoisotopic (exact) mass is 669 g/mol. The molecular weight excluding hydrogens is 623 g/mol. The van der Waals surface area contributed by atoms with E-state index in [0.29, 0.717) is 0 Å². The number of benzene rings is 7. The maximum absolute atomic E-state index is 11.2. The molecule has 0 aliphatic rings. The summed E-state index contributed by atoms with van der Waals surface area (Å²) in [5, 5.41) is 27.0. The third kappa shape index (κ3) is 6.68. The lowest BCUT2D eigenvalue weighted by Crippen LogP contribution is -2.17. The zero-order valence-corrected chi connectivity index (χ0v) is 30.7. The Balaban J connectivity index is 1.36. The summed E-state index contributed by atoms with van der Waals surface area (Å²) < 4.78 is 0. The van der Waals surface area contributed by atoms with Gasteiger partial charge in [-0.1, -0.05) is 130 Å². The zero-order valence-electron chi connectivity index (χ0n) is 30.7. The van der Waals surface area contributed by atoms with Crippen molar-refractivity contribution in [3.05, 3.63) is 162 Å². The molecular formula is C48H47NO2. The van der Waals surface area contributed by atoms with Crippen LogP contribution in [-0.2, 0) is 16.6 Å². The van der Waals surface area contributed by atoms with Gasteiger partial charge in [0.1, 0.15) is 0 Å². The van der Waals surface area contributed by atoms with Crippen LogP contribution in [0.2, 0.25) is 0 Å². The van der Waals surface area contributed by atoms with Gasteiger partial charge < -0.3 is 15.1 Å². The van der Waals surface area contributed by atoms with E-state index in [1.165, 1.54) is 5.56 Å². The molecule has 0 amide bonds. The van der Waals surface area contributed by atoms with Gasteiger partial charge >= 0.3 is 0 Å². The van der Waals surface area contributed by atoms with Crippen molar-refractivity contribution < 1.29 is 10.2 Å². The van der Waals surface area contributed by atoms with Crippen LogP contribution in [0.3, 0.4) is 0 Å². The van der Waals surface area contributed by atoms with Crippen LogP contribution in [0.1, 0.15) is 65.2 Å². The smallest absolute Gasteiger partial charge is 0.0846 e. The quantitative estimate of drug-likeness (QED) is 0.177. The lowest BCUT2D eigenvalue weighted by molar-refractivity contribution is 0.0787. The molecule has 0 atom stereocenters. The number of hydrogen-bond acceptors (Lipinski definition) is 3. The lowest BCUT2D eigenvalue weighted by Gasteiger charge is -2.28. The van der Waals surface area contributed by atoms with Gasteiger partial charge in [0.05, 0.1) is 11.2 Å². The first-order chi connectivity index (χ1) is 24.2. The highest BCUT2D eigenvalue weighted by atomic mass is 16.3. The van der Waals surface area contributed by atoms with Gasteiger partial charge in [-0.25, -0.2) is 0 Å². The topological polar surface area (TPSA) is 43.7 Å². The van der Waals surface area contributed by atoms with Gasteiger partial charge in [-0.05, 0) is 130 Å². The van der Waals surface area contributed by atoms with Crippen molar-refractivity contribution in [2.24, 2.45) is 0 Å². The van der Waals surface area contributed by atoms with Gasteiger partial charge in [0.25, 0.3) is 0 Å². The van der Waals surface area contributed by atoms with E-state index in [-0.39, 0.29) is 5.41 Å². The summed E-state index contributed by atoms with van der Waals surface area (Å²) in [5.41, 5.74) is 8.45. The predicted molar refractivity (Wildman–Crippen MR) is 216 cm³/mol. The number of nitrogens with zero attached hydrogens (tertiary/aromatic N) is 1. The Labute approximate surface area is 302 Å². The summed E-state index contributed by atoms with van der Waals surface area (Å²) in [7, 11) is 0. The summed E-state index contributed by atoms with van der Waals surface area (Å²) in [6.45, 7) is 14.1. The molecule has 0 heterocycles. The Morgan fingerprint density at radius 3 is 1.10 bits per heavy atom. The van der Waals surface area contributed by atoms with Crippen LogP contribution in [0.5, 0.6) is 0 Å². The third-order valence-electron chi connectivity index (χ3n) is 10.00. The Morgan fingerprint density at radius 1 is 0.392 bits per heavy atom. The fraction of sp³-hybridized carbons (Fsp3) is 0.208. The number of aliphatic hydroxyl groups is 2. The molecule has 2 N–H and O–H groups in total. The minimum atomic E-state index is -1.00. The molecule has 0 saturated carbocycles. The van der Waals surface area contributed by atoms with Gasteiger partial charge in [0, 0.05) is 17.1 Å². The fourth-order valence-corrected chi connectivity index (χ4v) is 7.30. The van der Waals surface area contributed by atoms with Gasteiger partial charge in [-0.15, -0.1) is 0 Å². The van der Waals surface area contributed by atoms with Crippen LogP contribution in [0.15, 0.2) is 146 Å². The van der Waals surface area contributed by atoms with E-state index in [1.54, 1.807) is 0 Å². The second-order valence-corrected chi connectivity index (χ2v) is 15.8. The maximum atomic E-state index is 11.2. The molecule has 0 radical (unpaired) electrons. The molecule has 7 aromatic carbocycles. The number of fused-ring (bicyclic) bond motifs is 2. The minimum absolute atomic E-state index is 0.0416. The molecule has 3 nitrogen and oxygen atoms in total. The molecule has 0 spiro atoms. The summed E-state index contributed by atoms with van der Waals surface area (Å²) in [6, 6.07) is 51.3. The lowest BCUT2D eigenvalue weighted by atomic mass is 9.85. The molecule has 7 aromatic rings. The van der Waals surface area contributed by atoms with Crippen LogP contribution in [-0.4, -0.2) is 10.2 Å². The first-order valence-corrected chi connectivity index (χ1v) is 17.8. The number of rotatable bonds is 7. The molecule has 0 aliphatic heterocycles. The van der Waals surface area contributed by atoms with Crippen LogP contribution in [0, 0.1) is 0 Å². The molecule has 0 aromatic heterocycles. The fourth-order valence-electron chi connectivity index (χ4n) is 7.30. The second kappa shape index (κ2) is 12.8. The van der Waals surface area contributed by atoms with Crippen molar-refractivity contribution in [2.75, 3.05) is 4.90 Å². The predicted octanol–water partition coefficient (Wildman–Crippen LogP) is 12.5. The zero-order chi connectivity index (χ0) is 36.1. The Hall–Kier alpha value is -5.22. The number of anilines is 3. The molecule has 0 unspecified atom stereocenters. The highest BCUT2D eigenvalue weighted by molar-refractivity contribution is 6.00. The van der Waals surface area contributed by atoms with Gasteiger partial charge in [0.2, 0.25) is 0 Å². The molecule has 0 aliphatic carbocycles. The van der Waals surface area contributed by atoms with Crippen molar-refractivity contribution in [1.29, 1.82) is 0 Å². The van der Waals surface area contributed by atoms with Crippen molar-refractivity contribution in [3.63, 3.8) is 0 Å². The van der Waals surface area contributed by atoms with Crippen molar-refractivity contribution >= 4 is 38.6 Å². The number of hydrogen-bond donors (Lipinski definition) is 2. The van der Waals surface area contributed by atoms with E-state index in [0.717, 1.165) is 72.0 Å². The van der Waals surface area contributed by atoms with Crippen molar-refractivity contribution in [2.45, 2.75) is 65.1 Å². The Morgan fingerprint density at radius 2 is 0.745 bits per heavy atom. The summed E-state index contributed by atoms with van der Waals surface area (Å²) >= 11 is 0. The SMILES string of the molecule is CC(C)(C)c1ccc(N(c2ccc(-c3c(C(C)(C)O)ccc4ccccc34)cc2)c2ccc(-c3c(C(C)(C)O)ccc4ccccc34)cc2)cc1. The largest absolute Gasteiger partial charge is 0.386 e. The molecule has 3 heteroatoms. The van der Waals surface area contributed by atoms with Crippen molar-refractivity contribution in [1.82, 2.24) is 0 Å². The molecule has 256 valence electrons. The molecule has 0 bridgehead atoms. The third-order valence-corrected chi connectivity index (χ3v) is 10.00. The van der Waals surface area contributed by atoms with E-state index in [4.69, 9.17) is 0 Å². The maximum Gasteiger partial charge on any atom is 0.0846 e. The van der Waals surface area contributed by atoms with E-state index in [1.807, 2.05) is 27.7 Å². The van der Waals surface area contributed by atoms with Gasteiger partial charge in [0.15, 0.2) is 0 Å². The van der Waals surface area contributed by atoms with E-state index in [2.05, 4.69) is 171 Å². The highest BCUT2D eigenvalue weighted by Crippen LogP contribution is 2.43. The summed E-state index contributed by atoms with van der Waals surface area (Å²) in [5.74, 6) is 0. The van der Waals surface area contributed by atoms with E-state index >= 15 is 0 Å². The van der Waals surface area contributed by atoms with Crippen LogP contribution >= 0.6 is 0 Å². The summed E-state index contributed by atoms with van der Waals surface area (Å²) in [4.78, 5) is 2.29. The Kier molecular flexibility index (Phi) is 8.62. The first-order valence-electron chi connectivity index (χ1n) is 17.8. The van der Waals surface area contributed by atoms with E-state index < -0.39 is 11.2 Å². The van der Waals surface area contributed by atoms with Gasteiger partial charge in [-0.3, -0.25) is 0 Å². The van der Waals surface area contributed by atoms with Crippen LogP contribution in [0.4, 0.5) is 17.1 Å². The molecule has 51 heavy (non-hydrogen) atoms.